The number of nitrogens with zero attached hydrogens (tertiary/aromatic N) is 3. The Morgan fingerprint density at radius 3 is 2.46 bits per heavy atom. The lowest BCUT2D eigenvalue weighted by molar-refractivity contribution is -0.121. The van der Waals surface area contributed by atoms with E-state index < -0.39 is 5.97 Å². The predicted molar refractivity (Wildman–Crippen MR) is 142 cm³/mol. The number of aryl methyl sites for hydroxylation is 1. The number of benzene rings is 3. The zero-order chi connectivity index (χ0) is 24.7. The number of hydrogen-bond acceptors (Lipinski definition) is 4. The predicted octanol–water partition coefficient (Wildman–Crippen LogP) is 6.18. The molecule has 3 aromatic carbocycles. The van der Waals surface area contributed by atoms with E-state index in [1.54, 1.807) is 19.2 Å². The standard InChI is InChI=1S/C28H23N3O3S/c1-17-15-21(18(2)31(17)24-10-6-8-19-7-4-5-9-23(19)24)16-25-26(32)30(3)28(35-25)29-22-13-11-20(12-14-22)27(33)34/h4-16H,1-3H3,(H,33,34)/b25-16-,29-28?. The van der Waals surface area contributed by atoms with Gasteiger partial charge in [0, 0.05) is 23.8 Å². The van der Waals surface area contributed by atoms with Crippen molar-refractivity contribution in [1.82, 2.24) is 9.47 Å². The maximum atomic E-state index is 13.0. The van der Waals surface area contributed by atoms with E-state index in [4.69, 9.17) is 5.11 Å². The van der Waals surface area contributed by atoms with E-state index in [1.807, 2.05) is 18.2 Å². The Labute approximate surface area is 207 Å². The summed E-state index contributed by atoms with van der Waals surface area (Å²) < 4.78 is 2.22. The number of carbonyl (C=O) groups excluding carboxylic acids is 1. The first-order valence-corrected chi connectivity index (χ1v) is 11.9. The van der Waals surface area contributed by atoms with Crippen LogP contribution in [0.2, 0.25) is 0 Å². The highest BCUT2D eigenvalue weighted by Gasteiger charge is 2.30. The molecule has 1 N–H and O–H groups in total. The molecule has 0 unspecified atom stereocenters. The Morgan fingerprint density at radius 2 is 1.71 bits per heavy atom. The van der Waals surface area contributed by atoms with Crippen LogP contribution in [-0.4, -0.2) is 38.7 Å². The van der Waals surface area contributed by atoms with Gasteiger partial charge in [-0.3, -0.25) is 9.69 Å². The minimum absolute atomic E-state index is 0.120. The van der Waals surface area contributed by atoms with E-state index in [0.29, 0.717) is 15.8 Å². The van der Waals surface area contributed by atoms with Gasteiger partial charge in [0.15, 0.2) is 5.17 Å². The van der Waals surface area contributed by atoms with Crippen LogP contribution < -0.4 is 0 Å². The number of carboxylic acid groups (broad SMARTS) is 1. The van der Waals surface area contributed by atoms with Gasteiger partial charge in [-0.15, -0.1) is 0 Å². The summed E-state index contributed by atoms with van der Waals surface area (Å²) in [5.41, 5.74) is 5.01. The molecule has 174 valence electrons. The quantitative estimate of drug-likeness (QED) is 0.353. The average molecular weight is 482 g/mol. The first kappa shape index (κ1) is 22.7. The Bertz CT molecular complexity index is 1540. The molecule has 1 fully saturated rings. The molecule has 5 rings (SSSR count). The van der Waals surface area contributed by atoms with Gasteiger partial charge in [0.2, 0.25) is 0 Å². The summed E-state index contributed by atoms with van der Waals surface area (Å²) in [4.78, 5) is 30.7. The van der Waals surface area contributed by atoms with E-state index in [2.05, 4.69) is 59.8 Å². The lowest BCUT2D eigenvalue weighted by atomic mass is 10.1. The number of amides is 1. The van der Waals surface area contributed by atoms with Gasteiger partial charge in [0.1, 0.15) is 0 Å². The zero-order valence-electron chi connectivity index (χ0n) is 19.5. The van der Waals surface area contributed by atoms with Gasteiger partial charge in [-0.2, -0.15) is 0 Å². The number of rotatable bonds is 4. The SMILES string of the molecule is Cc1cc(/C=C2\SC(=Nc3ccc(C(=O)O)cc3)N(C)C2=O)c(C)n1-c1cccc2ccccc12. The van der Waals surface area contributed by atoms with Crippen molar-refractivity contribution < 1.29 is 14.7 Å². The molecule has 35 heavy (non-hydrogen) atoms. The van der Waals surface area contributed by atoms with Crippen molar-refractivity contribution in [3.8, 4) is 5.69 Å². The Hall–Kier alpha value is -4.10. The Morgan fingerprint density at radius 1 is 1.00 bits per heavy atom. The van der Waals surface area contributed by atoms with E-state index in [1.165, 1.54) is 39.6 Å². The van der Waals surface area contributed by atoms with E-state index in [0.717, 1.165) is 22.6 Å². The van der Waals surface area contributed by atoms with Crippen LogP contribution in [-0.2, 0) is 4.79 Å². The molecule has 6 nitrogen and oxygen atoms in total. The third kappa shape index (κ3) is 4.15. The molecule has 7 heteroatoms. The first-order chi connectivity index (χ1) is 16.8. The minimum atomic E-state index is -0.988. The molecule has 2 heterocycles. The molecule has 1 saturated heterocycles. The number of amidine groups is 1. The van der Waals surface area contributed by atoms with Crippen LogP contribution in [0.1, 0.15) is 27.3 Å². The molecule has 1 aromatic heterocycles. The molecule has 4 aromatic rings. The fourth-order valence-corrected chi connectivity index (χ4v) is 5.27. The van der Waals surface area contributed by atoms with Crippen LogP contribution in [0.15, 0.2) is 82.7 Å². The van der Waals surface area contributed by atoms with Gasteiger partial charge < -0.3 is 9.67 Å². The number of thioether (sulfide) groups is 1. The summed E-state index contributed by atoms with van der Waals surface area (Å²) in [7, 11) is 1.69. The normalized spacial score (nSPS) is 16.1. The van der Waals surface area contributed by atoms with Crippen LogP contribution >= 0.6 is 11.8 Å². The molecular weight excluding hydrogens is 458 g/mol. The number of hydrogen-bond donors (Lipinski definition) is 1. The van der Waals surface area contributed by atoms with Crippen molar-refractivity contribution in [2.45, 2.75) is 13.8 Å². The first-order valence-electron chi connectivity index (χ1n) is 11.1. The van der Waals surface area contributed by atoms with Crippen LogP contribution in [0.25, 0.3) is 22.5 Å². The Kier molecular flexibility index (Phi) is 5.78. The van der Waals surface area contributed by atoms with Crippen LogP contribution in [0.3, 0.4) is 0 Å². The molecule has 1 aliphatic rings. The van der Waals surface area contributed by atoms with Gasteiger partial charge in [-0.1, -0.05) is 36.4 Å². The third-order valence-electron chi connectivity index (χ3n) is 6.11. The molecule has 0 saturated carbocycles. The molecule has 0 aliphatic carbocycles. The monoisotopic (exact) mass is 481 g/mol. The highest BCUT2D eigenvalue weighted by molar-refractivity contribution is 8.18. The van der Waals surface area contributed by atoms with Crippen molar-refractivity contribution in [1.29, 1.82) is 0 Å². The van der Waals surface area contributed by atoms with Crippen molar-refractivity contribution in [3.05, 3.63) is 100 Å². The number of aromatic nitrogens is 1. The van der Waals surface area contributed by atoms with Crippen LogP contribution in [0.4, 0.5) is 5.69 Å². The van der Waals surface area contributed by atoms with Gasteiger partial charge >= 0.3 is 5.97 Å². The zero-order valence-corrected chi connectivity index (χ0v) is 20.3. The van der Waals surface area contributed by atoms with E-state index >= 15 is 0 Å². The van der Waals surface area contributed by atoms with Gasteiger partial charge in [0.05, 0.1) is 21.8 Å². The summed E-state index contributed by atoms with van der Waals surface area (Å²) in [5, 5.41) is 12.0. The Balaban J connectivity index is 1.49. The summed E-state index contributed by atoms with van der Waals surface area (Å²) in [6, 6.07) is 23.0. The summed E-state index contributed by atoms with van der Waals surface area (Å²) in [6.45, 7) is 4.13. The number of fused-ring (bicyclic) bond motifs is 1. The highest BCUT2D eigenvalue weighted by atomic mass is 32.2. The minimum Gasteiger partial charge on any atom is -0.478 e. The average Bonchev–Trinajstić information content (AvgIpc) is 3.28. The smallest absolute Gasteiger partial charge is 0.335 e. The van der Waals surface area contributed by atoms with Crippen molar-refractivity contribution in [3.63, 3.8) is 0 Å². The molecule has 0 atom stereocenters. The fraction of sp³-hybridized carbons (Fsp3) is 0.107. The second-order valence-corrected chi connectivity index (χ2v) is 9.39. The van der Waals surface area contributed by atoms with Crippen molar-refractivity contribution in [2.75, 3.05) is 7.05 Å². The van der Waals surface area contributed by atoms with Crippen molar-refractivity contribution in [2.24, 2.45) is 4.99 Å². The summed E-state index contributed by atoms with van der Waals surface area (Å²) in [5.74, 6) is -1.11. The lowest BCUT2D eigenvalue weighted by Gasteiger charge is -2.13. The van der Waals surface area contributed by atoms with Gasteiger partial charge in [0.25, 0.3) is 5.91 Å². The maximum absolute atomic E-state index is 13.0. The lowest BCUT2D eigenvalue weighted by Crippen LogP contribution is -2.23. The third-order valence-corrected chi connectivity index (χ3v) is 7.17. The molecule has 1 amide bonds. The number of likely N-dealkylation sites (N-methyl/N-ethyl adjacent to an activating group) is 1. The second-order valence-electron chi connectivity index (χ2n) is 8.38. The molecule has 0 bridgehead atoms. The number of aromatic carboxylic acids is 1. The van der Waals surface area contributed by atoms with E-state index in [-0.39, 0.29) is 11.5 Å². The number of aliphatic imine (C=N–C) groups is 1. The number of carbonyl (C=O) groups is 2. The van der Waals surface area contributed by atoms with Gasteiger partial charge in [-0.05, 0) is 79.0 Å². The molecular formula is C28H23N3O3S. The van der Waals surface area contributed by atoms with E-state index in [9.17, 15) is 9.59 Å². The van der Waals surface area contributed by atoms with Crippen molar-refractivity contribution >= 4 is 51.3 Å². The maximum Gasteiger partial charge on any atom is 0.335 e. The molecule has 1 aliphatic heterocycles. The largest absolute Gasteiger partial charge is 0.478 e. The van der Waals surface area contributed by atoms with Gasteiger partial charge in [-0.25, -0.2) is 9.79 Å². The van der Waals surface area contributed by atoms with Crippen LogP contribution in [0, 0.1) is 13.8 Å². The molecule has 0 spiro atoms. The summed E-state index contributed by atoms with van der Waals surface area (Å²) >= 11 is 1.31. The topological polar surface area (TPSA) is 74.9 Å². The second kappa shape index (κ2) is 8.92. The molecule has 0 radical (unpaired) electrons. The highest BCUT2D eigenvalue weighted by Crippen LogP contribution is 2.35. The number of carboxylic acids is 1. The summed E-state index contributed by atoms with van der Waals surface area (Å²) in [6.07, 6.45) is 1.92. The fourth-order valence-electron chi connectivity index (χ4n) is 4.29. The van der Waals surface area contributed by atoms with Crippen LogP contribution in [0.5, 0.6) is 0 Å².